The Bertz CT molecular complexity index is 367. The van der Waals surface area contributed by atoms with Crippen molar-refractivity contribution in [2.45, 2.75) is 4.90 Å². The van der Waals surface area contributed by atoms with Gasteiger partial charge >= 0.3 is 0 Å². The summed E-state index contributed by atoms with van der Waals surface area (Å²) in [6, 6.07) is 3.04. The summed E-state index contributed by atoms with van der Waals surface area (Å²) in [6.07, 6.45) is 0. The highest BCUT2D eigenvalue weighted by Crippen LogP contribution is 2.33. The minimum atomic E-state index is -2.09. The molecule has 1 unspecified atom stereocenters. The van der Waals surface area contributed by atoms with Crippen molar-refractivity contribution < 1.29 is 18.2 Å². The number of halogens is 1. The Morgan fingerprint density at radius 3 is 2.29 bits per heavy atom. The lowest BCUT2D eigenvalue weighted by Gasteiger charge is -2.09. The third kappa shape index (κ3) is 2.26. The lowest BCUT2D eigenvalue weighted by Crippen LogP contribution is -1.96. The first kappa shape index (κ1) is 11.5. The Hall–Kier alpha value is -0.590. The molecule has 1 rings (SSSR count). The van der Waals surface area contributed by atoms with E-state index in [1.807, 2.05) is 0 Å². The van der Waals surface area contributed by atoms with Crippen LogP contribution >= 0.6 is 15.9 Å². The van der Waals surface area contributed by atoms with Gasteiger partial charge in [0.05, 0.1) is 18.7 Å². The molecule has 0 saturated heterocycles. The fourth-order valence-electron chi connectivity index (χ4n) is 0.969. The number of ether oxygens (including phenoxy) is 2. The monoisotopic (exact) mass is 280 g/mol. The maximum absolute atomic E-state index is 10.9. The molecule has 1 aromatic carbocycles. The molecule has 0 aliphatic rings. The number of benzene rings is 1. The van der Waals surface area contributed by atoms with E-state index in [0.29, 0.717) is 16.0 Å². The molecule has 0 radical (unpaired) electrons. The Morgan fingerprint density at radius 2 is 1.86 bits per heavy atom. The number of rotatable bonds is 3. The molecule has 0 bridgehead atoms. The predicted octanol–water partition coefficient (Wildman–Crippen LogP) is 2.05. The molecule has 6 heteroatoms. The second kappa shape index (κ2) is 4.77. The van der Waals surface area contributed by atoms with Crippen LogP contribution in [0.5, 0.6) is 11.5 Å². The van der Waals surface area contributed by atoms with E-state index in [4.69, 9.17) is 14.0 Å². The summed E-state index contributed by atoms with van der Waals surface area (Å²) in [4.78, 5) is 0.188. The van der Waals surface area contributed by atoms with Crippen LogP contribution in [0.3, 0.4) is 0 Å². The molecular weight excluding hydrogens is 272 g/mol. The molecule has 0 aromatic heterocycles. The smallest absolute Gasteiger partial charge is 0.190 e. The first-order valence-electron chi connectivity index (χ1n) is 3.62. The van der Waals surface area contributed by atoms with Gasteiger partial charge in [0.2, 0.25) is 0 Å². The number of methoxy groups -OCH3 is 2. The van der Waals surface area contributed by atoms with Crippen LogP contribution in [0.1, 0.15) is 0 Å². The number of hydrogen-bond acceptors (Lipinski definition) is 3. The maximum Gasteiger partial charge on any atom is 0.190 e. The third-order valence-corrected chi connectivity index (χ3v) is 2.94. The van der Waals surface area contributed by atoms with Gasteiger partial charge in [0.15, 0.2) is 11.1 Å². The summed E-state index contributed by atoms with van der Waals surface area (Å²) in [5.74, 6) is 0.835. The third-order valence-electron chi connectivity index (χ3n) is 1.63. The van der Waals surface area contributed by atoms with Gasteiger partial charge in [0, 0.05) is 6.07 Å². The van der Waals surface area contributed by atoms with Crippen LogP contribution in [0.4, 0.5) is 0 Å². The van der Waals surface area contributed by atoms with Gasteiger partial charge in [-0.15, -0.1) is 0 Å². The average Bonchev–Trinajstić information content (AvgIpc) is 2.16. The van der Waals surface area contributed by atoms with E-state index < -0.39 is 11.1 Å². The van der Waals surface area contributed by atoms with Crippen molar-refractivity contribution in [3.63, 3.8) is 0 Å². The lowest BCUT2D eigenvalue weighted by molar-refractivity contribution is 0.389. The van der Waals surface area contributed by atoms with Crippen LogP contribution in [0.25, 0.3) is 0 Å². The molecule has 0 saturated carbocycles. The lowest BCUT2D eigenvalue weighted by atomic mass is 10.3. The van der Waals surface area contributed by atoms with Crippen molar-refractivity contribution in [1.29, 1.82) is 0 Å². The van der Waals surface area contributed by atoms with E-state index in [9.17, 15) is 4.21 Å². The molecule has 4 nitrogen and oxygen atoms in total. The van der Waals surface area contributed by atoms with E-state index in [2.05, 4.69) is 15.9 Å². The van der Waals surface area contributed by atoms with Crippen LogP contribution in [0, 0.1) is 0 Å². The zero-order valence-corrected chi connectivity index (χ0v) is 10.0. The molecule has 1 aromatic rings. The molecule has 1 atom stereocenters. The Balaban J connectivity index is 3.32. The highest BCUT2D eigenvalue weighted by Gasteiger charge is 2.13. The van der Waals surface area contributed by atoms with Crippen molar-refractivity contribution in [3.05, 3.63) is 16.6 Å². The van der Waals surface area contributed by atoms with Gasteiger partial charge in [0.25, 0.3) is 0 Å². The van der Waals surface area contributed by atoms with E-state index in [1.54, 1.807) is 6.07 Å². The quantitative estimate of drug-likeness (QED) is 0.861. The topological polar surface area (TPSA) is 55.8 Å². The predicted molar refractivity (Wildman–Crippen MR) is 56.3 cm³/mol. The molecule has 78 valence electrons. The van der Waals surface area contributed by atoms with Crippen LogP contribution in [-0.2, 0) is 11.1 Å². The van der Waals surface area contributed by atoms with Crippen LogP contribution in [0.15, 0.2) is 21.5 Å². The second-order valence-electron chi connectivity index (χ2n) is 2.39. The molecule has 0 amide bonds. The first-order valence-corrected chi connectivity index (χ1v) is 5.52. The van der Waals surface area contributed by atoms with Gasteiger partial charge < -0.3 is 14.0 Å². The maximum atomic E-state index is 10.9. The van der Waals surface area contributed by atoms with Gasteiger partial charge in [-0.3, -0.25) is 0 Å². The Morgan fingerprint density at radius 1 is 1.29 bits per heavy atom. The van der Waals surface area contributed by atoms with Crippen molar-refractivity contribution >= 4 is 27.0 Å². The summed E-state index contributed by atoms with van der Waals surface area (Å²) < 4.78 is 30.5. The van der Waals surface area contributed by atoms with Crippen LogP contribution in [-0.4, -0.2) is 23.0 Å². The Kier molecular flexibility index (Phi) is 3.91. The van der Waals surface area contributed by atoms with Gasteiger partial charge in [-0.05, 0) is 22.0 Å². The van der Waals surface area contributed by atoms with E-state index in [0.717, 1.165) is 0 Å². The molecule has 0 aliphatic carbocycles. The van der Waals surface area contributed by atoms with Gasteiger partial charge in [-0.1, -0.05) is 0 Å². The molecular formula is C8H9BrO4S. The highest BCUT2D eigenvalue weighted by atomic mass is 79.9. The fraction of sp³-hybridized carbons (Fsp3) is 0.250. The zero-order chi connectivity index (χ0) is 10.7. The van der Waals surface area contributed by atoms with E-state index >= 15 is 0 Å². The minimum absolute atomic E-state index is 0.188. The summed E-state index contributed by atoms with van der Waals surface area (Å²) in [5.41, 5.74) is 0. The molecule has 0 spiro atoms. The van der Waals surface area contributed by atoms with Crippen LogP contribution < -0.4 is 9.47 Å². The van der Waals surface area contributed by atoms with Gasteiger partial charge in [-0.25, -0.2) is 4.21 Å². The SMILES string of the molecule is COc1cc(S(=O)O)c(OC)cc1Br. The molecule has 1 N–H and O–H groups in total. The molecule has 0 aliphatic heterocycles. The second-order valence-corrected chi connectivity index (χ2v) is 4.18. The Labute approximate surface area is 92.6 Å². The highest BCUT2D eigenvalue weighted by molar-refractivity contribution is 9.10. The van der Waals surface area contributed by atoms with Crippen LogP contribution in [0.2, 0.25) is 0 Å². The van der Waals surface area contributed by atoms with Crippen molar-refractivity contribution in [3.8, 4) is 11.5 Å². The summed E-state index contributed by atoms with van der Waals surface area (Å²) in [7, 11) is 2.92. The molecule has 14 heavy (non-hydrogen) atoms. The average molecular weight is 281 g/mol. The standard InChI is InChI=1S/C8H9BrO4S/c1-12-6-4-8(14(10)11)7(13-2)3-5(6)9/h3-4H,1-2H3,(H,10,11). The van der Waals surface area contributed by atoms with Gasteiger partial charge in [0.1, 0.15) is 16.4 Å². The van der Waals surface area contributed by atoms with Crippen molar-refractivity contribution in [1.82, 2.24) is 0 Å². The fourth-order valence-corrected chi connectivity index (χ4v) is 1.98. The molecule has 0 fully saturated rings. The summed E-state index contributed by atoms with van der Waals surface area (Å²) >= 11 is 1.16. The number of hydrogen-bond donors (Lipinski definition) is 1. The van der Waals surface area contributed by atoms with Crippen molar-refractivity contribution in [2.75, 3.05) is 14.2 Å². The van der Waals surface area contributed by atoms with E-state index in [-0.39, 0.29) is 4.90 Å². The zero-order valence-electron chi connectivity index (χ0n) is 7.61. The normalized spacial score (nSPS) is 12.3. The molecule has 0 heterocycles. The summed E-state index contributed by atoms with van der Waals surface area (Å²) in [6.45, 7) is 0. The van der Waals surface area contributed by atoms with E-state index in [1.165, 1.54) is 20.3 Å². The summed E-state index contributed by atoms with van der Waals surface area (Å²) in [5, 5.41) is 0. The van der Waals surface area contributed by atoms with Gasteiger partial charge in [-0.2, -0.15) is 0 Å². The van der Waals surface area contributed by atoms with Crippen molar-refractivity contribution in [2.24, 2.45) is 0 Å². The minimum Gasteiger partial charge on any atom is -0.496 e. The first-order chi connectivity index (χ1) is 6.60. The largest absolute Gasteiger partial charge is 0.496 e.